The number of aromatic nitrogens is 1. The molecule has 0 bridgehead atoms. The molecule has 0 radical (unpaired) electrons. The van der Waals surface area contributed by atoms with Gasteiger partial charge in [-0.1, -0.05) is 0 Å². The number of carboxylic acids is 1. The quantitative estimate of drug-likeness (QED) is 0.912. The molecule has 0 spiro atoms. The number of aryl methyl sites for hydroxylation is 2. The maximum atomic E-state index is 12.5. The highest BCUT2D eigenvalue weighted by Crippen LogP contribution is 2.29. The van der Waals surface area contributed by atoms with Crippen molar-refractivity contribution in [1.29, 1.82) is 0 Å². The van der Waals surface area contributed by atoms with Gasteiger partial charge in [-0.2, -0.15) is 0 Å². The van der Waals surface area contributed by atoms with Gasteiger partial charge in [0.15, 0.2) is 0 Å². The van der Waals surface area contributed by atoms with E-state index in [0.29, 0.717) is 11.4 Å². The summed E-state index contributed by atoms with van der Waals surface area (Å²) in [6.45, 7) is 0. The number of thiophene rings is 1. The number of rotatable bonds is 2. The molecule has 0 saturated heterocycles. The molecule has 98 valence electrons. The third-order valence-electron chi connectivity index (χ3n) is 3.57. The number of hydrogen-bond acceptors (Lipinski definition) is 3. The molecule has 1 aliphatic carbocycles. The van der Waals surface area contributed by atoms with E-state index < -0.39 is 5.97 Å². The van der Waals surface area contributed by atoms with Crippen LogP contribution in [0, 0.1) is 0 Å². The zero-order valence-electron chi connectivity index (χ0n) is 10.5. The molecule has 19 heavy (non-hydrogen) atoms. The second-order valence-electron chi connectivity index (χ2n) is 4.73. The molecular weight excluding hydrogens is 262 g/mol. The Kier molecular flexibility index (Phi) is 2.78. The van der Waals surface area contributed by atoms with Crippen LogP contribution < -0.4 is 0 Å². The van der Waals surface area contributed by atoms with E-state index in [1.54, 1.807) is 23.0 Å². The van der Waals surface area contributed by atoms with Gasteiger partial charge in [-0.05, 0) is 35.9 Å². The molecule has 0 atom stereocenters. The predicted molar refractivity (Wildman–Crippen MR) is 71.9 cm³/mol. The second-order valence-corrected chi connectivity index (χ2v) is 5.73. The highest BCUT2D eigenvalue weighted by Gasteiger charge is 2.26. The van der Waals surface area contributed by atoms with Crippen molar-refractivity contribution in [2.75, 3.05) is 0 Å². The number of carboxylic acid groups (broad SMARTS) is 1. The van der Waals surface area contributed by atoms with Crippen LogP contribution >= 0.6 is 11.3 Å². The first-order chi connectivity index (χ1) is 9.08. The fraction of sp³-hybridized carbons (Fsp3) is 0.286. The third-order valence-corrected chi connectivity index (χ3v) is 4.55. The van der Waals surface area contributed by atoms with Crippen molar-refractivity contribution < 1.29 is 14.7 Å². The average Bonchev–Trinajstić information content (AvgIpc) is 2.89. The van der Waals surface area contributed by atoms with Crippen molar-refractivity contribution in [3.05, 3.63) is 44.9 Å². The highest BCUT2D eigenvalue weighted by molar-refractivity contribution is 7.10. The van der Waals surface area contributed by atoms with E-state index >= 15 is 0 Å². The molecule has 0 amide bonds. The minimum atomic E-state index is -0.876. The van der Waals surface area contributed by atoms with Crippen molar-refractivity contribution in [1.82, 2.24) is 4.57 Å². The molecule has 0 fully saturated rings. The van der Waals surface area contributed by atoms with E-state index in [-0.39, 0.29) is 12.2 Å². The molecule has 3 rings (SSSR count). The minimum absolute atomic E-state index is 0.0166. The first kappa shape index (κ1) is 12.2. The molecule has 5 heteroatoms. The lowest BCUT2D eigenvalue weighted by atomic mass is 10.1. The molecular formula is C14H13NO3S. The fourth-order valence-corrected chi connectivity index (χ4v) is 3.53. The standard InChI is InChI=1S/C14H13NO3S/c1-15-9(7-12(16)17)6-8-2-3-11-10(4-5-19-11)14(18)13(8)15/h4-6H,2-3,7H2,1H3,(H,16,17). The SMILES string of the molecule is Cn1c(CC(=O)O)cc2c1C(=O)c1ccsc1CC2. The monoisotopic (exact) mass is 275 g/mol. The first-order valence-electron chi connectivity index (χ1n) is 6.08. The molecule has 2 heterocycles. The molecule has 2 aromatic rings. The number of nitrogens with zero attached hydrogens (tertiary/aromatic N) is 1. The molecule has 0 saturated carbocycles. The van der Waals surface area contributed by atoms with Crippen LogP contribution in [0.4, 0.5) is 0 Å². The predicted octanol–water partition coefficient (Wildman–Crippen LogP) is 2.04. The van der Waals surface area contributed by atoms with Crippen molar-refractivity contribution in [3.8, 4) is 0 Å². The molecule has 4 nitrogen and oxygen atoms in total. The number of carbonyl (C=O) groups excluding carboxylic acids is 1. The summed E-state index contributed by atoms with van der Waals surface area (Å²) in [6.07, 6.45) is 1.59. The summed E-state index contributed by atoms with van der Waals surface area (Å²) < 4.78 is 1.73. The Hall–Kier alpha value is -1.88. The number of carbonyl (C=O) groups is 2. The van der Waals surface area contributed by atoms with E-state index in [2.05, 4.69) is 0 Å². The van der Waals surface area contributed by atoms with Gasteiger partial charge in [0.2, 0.25) is 5.78 Å². The Morgan fingerprint density at radius 3 is 3.00 bits per heavy atom. The van der Waals surface area contributed by atoms with Crippen LogP contribution in [0.2, 0.25) is 0 Å². The van der Waals surface area contributed by atoms with Gasteiger partial charge in [-0.3, -0.25) is 9.59 Å². The number of fused-ring (bicyclic) bond motifs is 2. The zero-order valence-corrected chi connectivity index (χ0v) is 11.3. The Balaban J connectivity index is 2.12. The topological polar surface area (TPSA) is 59.3 Å². The lowest BCUT2D eigenvalue weighted by Crippen LogP contribution is -2.12. The van der Waals surface area contributed by atoms with E-state index in [0.717, 1.165) is 28.8 Å². The van der Waals surface area contributed by atoms with Gasteiger partial charge < -0.3 is 9.67 Å². The Morgan fingerprint density at radius 1 is 1.47 bits per heavy atom. The van der Waals surface area contributed by atoms with Crippen LogP contribution in [0.15, 0.2) is 17.5 Å². The van der Waals surface area contributed by atoms with Gasteiger partial charge in [-0.15, -0.1) is 11.3 Å². The number of aliphatic carboxylic acids is 1. The summed E-state index contributed by atoms with van der Waals surface area (Å²) in [7, 11) is 1.77. The molecule has 1 aliphatic rings. The first-order valence-corrected chi connectivity index (χ1v) is 6.96. The van der Waals surface area contributed by atoms with E-state index in [4.69, 9.17) is 5.11 Å². The van der Waals surface area contributed by atoms with Gasteiger partial charge in [0.25, 0.3) is 0 Å². The minimum Gasteiger partial charge on any atom is -0.481 e. The number of ketones is 1. The van der Waals surface area contributed by atoms with E-state index in [1.807, 2.05) is 17.5 Å². The molecule has 1 N–H and O–H groups in total. The fourth-order valence-electron chi connectivity index (χ4n) is 2.65. The summed E-state index contributed by atoms with van der Waals surface area (Å²) in [6, 6.07) is 3.72. The average molecular weight is 275 g/mol. The van der Waals surface area contributed by atoms with Crippen LogP contribution in [0.5, 0.6) is 0 Å². The van der Waals surface area contributed by atoms with Gasteiger partial charge >= 0.3 is 5.97 Å². The summed E-state index contributed by atoms with van der Waals surface area (Å²) >= 11 is 1.61. The zero-order chi connectivity index (χ0) is 13.6. The summed E-state index contributed by atoms with van der Waals surface area (Å²) in [5, 5.41) is 10.8. The number of hydrogen-bond donors (Lipinski definition) is 1. The Morgan fingerprint density at radius 2 is 2.26 bits per heavy atom. The smallest absolute Gasteiger partial charge is 0.309 e. The summed E-state index contributed by atoms with van der Waals surface area (Å²) in [5.74, 6) is -0.859. The maximum Gasteiger partial charge on any atom is 0.309 e. The Labute approximate surface area is 114 Å². The van der Waals surface area contributed by atoms with Gasteiger partial charge in [0.05, 0.1) is 12.1 Å². The van der Waals surface area contributed by atoms with Gasteiger partial charge in [0.1, 0.15) is 0 Å². The largest absolute Gasteiger partial charge is 0.481 e. The lowest BCUT2D eigenvalue weighted by Gasteiger charge is -2.05. The Bertz CT molecular complexity index is 681. The van der Waals surface area contributed by atoms with Gasteiger partial charge in [0, 0.05) is 23.2 Å². The maximum absolute atomic E-state index is 12.5. The van der Waals surface area contributed by atoms with Crippen molar-refractivity contribution in [3.63, 3.8) is 0 Å². The summed E-state index contributed by atoms with van der Waals surface area (Å²) in [5.41, 5.74) is 3.07. The van der Waals surface area contributed by atoms with Crippen molar-refractivity contribution in [2.24, 2.45) is 7.05 Å². The van der Waals surface area contributed by atoms with Crippen LogP contribution in [0.1, 0.15) is 32.2 Å². The highest BCUT2D eigenvalue weighted by atomic mass is 32.1. The molecule has 0 aromatic carbocycles. The third kappa shape index (κ3) is 1.90. The van der Waals surface area contributed by atoms with Crippen LogP contribution in [-0.4, -0.2) is 21.4 Å². The van der Waals surface area contributed by atoms with Crippen molar-refractivity contribution in [2.45, 2.75) is 19.3 Å². The van der Waals surface area contributed by atoms with Crippen LogP contribution in [-0.2, 0) is 31.1 Å². The summed E-state index contributed by atoms with van der Waals surface area (Å²) in [4.78, 5) is 24.5. The van der Waals surface area contributed by atoms with Crippen molar-refractivity contribution >= 4 is 23.1 Å². The lowest BCUT2D eigenvalue weighted by molar-refractivity contribution is -0.136. The van der Waals surface area contributed by atoms with Crippen LogP contribution in [0.3, 0.4) is 0 Å². The molecule has 0 aliphatic heterocycles. The second kappa shape index (κ2) is 4.35. The molecule has 2 aromatic heterocycles. The van der Waals surface area contributed by atoms with Gasteiger partial charge in [-0.25, -0.2) is 0 Å². The normalized spacial score (nSPS) is 13.8. The van der Waals surface area contributed by atoms with E-state index in [1.165, 1.54) is 0 Å². The van der Waals surface area contributed by atoms with Crippen LogP contribution in [0.25, 0.3) is 0 Å². The molecule has 0 unspecified atom stereocenters. The van der Waals surface area contributed by atoms with E-state index in [9.17, 15) is 9.59 Å².